The molecule has 2 aliphatic rings. The van der Waals surface area contributed by atoms with E-state index >= 15 is 0 Å². The number of aryl methyl sites for hydroxylation is 2. The van der Waals surface area contributed by atoms with Crippen LogP contribution in [0.15, 0.2) is 51.7 Å². The summed E-state index contributed by atoms with van der Waals surface area (Å²) in [6.45, 7) is 5.00. The minimum atomic E-state index is -0.235. The molecular weight excluding hydrogens is 364 g/mol. The van der Waals surface area contributed by atoms with Gasteiger partial charge in [0, 0.05) is 22.7 Å². The van der Waals surface area contributed by atoms with Crippen molar-refractivity contribution in [1.29, 1.82) is 0 Å². The molecular formula is C24H27N2O3+. The Bertz CT molecular complexity index is 1080. The van der Waals surface area contributed by atoms with Crippen LogP contribution in [0.1, 0.15) is 23.1 Å². The largest absolute Gasteiger partial charge is 0.497 e. The Balaban J connectivity index is 1.32. The number of hydrogen-bond donors (Lipinski definition) is 1. The van der Waals surface area contributed by atoms with Gasteiger partial charge in [-0.05, 0) is 66.8 Å². The fraction of sp³-hybridized carbons (Fsp3) is 0.375. The van der Waals surface area contributed by atoms with Crippen LogP contribution in [-0.2, 0) is 19.4 Å². The molecule has 29 heavy (non-hydrogen) atoms. The molecule has 0 amide bonds. The van der Waals surface area contributed by atoms with Gasteiger partial charge in [-0.1, -0.05) is 0 Å². The first-order valence-electron chi connectivity index (χ1n) is 10.5. The van der Waals surface area contributed by atoms with Gasteiger partial charge in [-0.25, -0.2) is 4.79 Å². The molecule has 1 saturated heterocycles. The topological polar surface area (TPSA) is 47.1 Å². The molecule has 1 aliphatic carbocycles. The van der Waals surface area contributed by atoms with E-state index in [0.29, 0.717) is 0 Å². The summed E-state index contributed by atoms with van der Waals surface area (Å²) in [4.78, 5) is 16.1. The standard InChI is InChI=1S/C24H26N2O3/c1-28-21-7-5-20(6-8-21)26-11-9-25(10-12-26)16-19-15-24(27)29-23-14-18-4-2-3-17(18)13-22(19)23/h5-8,13-15H,2-4,9-12,16H2,1H3/p+1. The number of benzene rings is 2. The number of methoxy groups -OCH3 is 1. The second-order valence-electron chi connectivity index (χ2n) is 8.17. The lowest BCUT2D eigenvalue weighted by molar-refractivity contribution is -0.914. The summed E-state index contributed by atoms with van der Waals surface area (Å²) in [6.07, 6.45) is 3.43. The van der Waals surface area contributed by atoms with Gasteiger partial charge >= 0.3 is 5.63 Å². The minimum absolute atomic E-state index is 0.235. The molecule has 0 atom stereocenters. The number of fused-ring (bicyclic) bond motifs is 2. The summed E-state index contributed by atoms with van der Waals surface area (Å²) in [5.74, 6) is 0.888. The number of nitrogens with one attached hydrogen (secondary N) is 1. The molecule has 5 heteroatoms. The highest BCUT2D eigenvalue weighted by molar-refractivity contribution is 5.82. The molecule has 3 aromatic rings. The van der Waals surface area contributed by atoms with E-state index in [4.69, 9.17) is 9.15 Å². The van der Waals surface area contributed by atoms with Gasteiger partial charge in [0.15, 0.2) is 0 Å². The summed E-state index contributed by atoms with van der Waals surface area (Å²) in [5, 5.41) is 1.12. The van der Waals surface area contributed by atoms with E-state index in [2.05, 4.69) is 29.2 Å². The highest BCUT2D eigenvalue weighted by Gasteiger charge is 2.22. The zero-order chi connectivity index (χ0) is 19.8. The van der Waals surface area contributed by atoms with E-state index in [1.54, 1.807) is 13.2 Å². The smallest absolute Gasteiger partial charge is 0.336 e. The van der Waals surface area contributed by atoms with Gasteiger partial charge in [0.25, 0.3) is 0 Å². The molecule has 5 rings (SSSR count). The third kappa shape index (κ3) is 3.62. The monoisotopic (exact) mass is 391 g/mol. The average molecular weight is 391 g/mol. The van der Waals surface area contributed by atoms with Gasteiger partial charge in [-0.15, -0.1) is 0 Å². The molecule has 1 fully saturated rings. The van der Waals surface area contributed by atoms with E-state index in [1.165, 1.54) is 28.1 Å². The normalized spacial score (nSPS) is 16.9. The predicted octanol–water partition coefficient (Wildman–Crippen LogP) is 2.20. The fourth-order valence-electron chi connectivity index (χ4n) is 4.76. The van der Waals surface area contributed by atoms with Gasteiger partial charge in [0.05, 0.1) is 33.3 Å². The molecule has 1 aliphatic heterocycles. The first kappa shape index (κ1) is 18.3. The number of quaternary nitrogens is 1. The Morgan fingerprint density at radius 3 is 2.48 bits per heavy atom. The summed E-state index contributed by atoms with van der Waals surface area (Å²) < 4.78 is 10.8. The van der Waals surface area contributed by atoms with Crippen molar-refractivity contribution in [1.82, 2.24) is 0 Å². The highest BCUT2D eigenvalue weighted by atomic mass is 16.5. The molecule has 1 aromatic heterocycles. The number of rotatable bonds is 4. The van der Waals surface area contributed by atoms with Gasteiger partial charge in [-0.2, -0.15) is 0 Å². The van der Waals surface area contributed by atoms with Crippen molar-refractivity contribution in [2.45, 2.75) is 25.8 Å². The Morgan fingerprint density at radius 2 is 1.76 bits per heavy atom. The van der Waals surface area contributed by atoms with Crippen molar-refractivity contribution in [2.75, 3.05) is 38.2 Å². The first-order chi connectivity index (χ1) is 14.2. The summed E-state index contributed by atoms with van der Waals surface area (Å²) in [7, 11) is 1.69. The summed E-state index contributed by atoms with van der Waals surface area (Å²) in [6, 6.07) is 14.3. The molecule has 0 unspecified atom stereocenters. The van der Waals surface area contributed by atoms with Crippen molar-refractivity contribution >= 4 is 16.7 Å². The maximum Gasteiger partial charge on any atom is 0.336 e. The van der Waals surface area contributed by atoms with E-state index in [-0.39, 0.29) is 5.63 Å². The lowest BCUT2D eigenvalue weighted by Crippen LogP contribution is -3.13. The Labute approximate surface area is 170 Å². The van der Waals surface area contributed by atoms with Crippen molar-refractivity contribution in [3.8, 4) is 5.75 Å². The molecule has 0 saturated carbocycles. The van der Waals surface area contributed by atoms with Crippen molar-refractivity contribution < 1.29 is 14.1 Å². The zero-order valence-electron chi connectivity index (χ0n) is 16.9. The summed E-state index contributed by atoms with van der Waals surface area (Å²) in [5.41, 5.74) is 5.65. The Hall–Kier alpha value is -2.79. The van der Waals surface area contributed by atoms with E-state index < -0.39 is 0 Å². The molecule has 0 radical (unpaired) electrons. The van der Waals surface area contributed by atoms with Gasteiger partial charge in [0.1, 0.15) is 17.9 Å². The van der Waals surface area contributed by atoms with Crippen LogP contribution in [0.3, 0.4) is 0 Å². The molecule has 0 bridgehead atoms. The zero-order valence-corrected chi connectivity index (χ0v) is 16.9. The van der Waals surface area contributed by atoms with Crippen molar-refractivity contribution in [3.63, 3.8) is 0 Å². The summed E-state index contributed by atoms with van der Waals surface area (Å²) >= 11 is 0. The number of hydrogen-bond acceptors (Lipinski definition) is 4. The third-order valence-corrected chi connectivity index (χ3v) is 6.39. The van der Waals surface area contributed by atoms with Crippen LogP contribution < -0.4 is 20.2 Å². The minimum Gasteiger partial charge on any atom is -0.497 e. The first-order valence-corrected chi connectivity index (χ1v) is 10.5. The van der Waals surface area contributed by atoms with Crippen LogP contribution in [0.25, 0.3) is 11.0 Å². The molecule has 5 nitrogen and oxygen atoms in total. The molecule has 2 heterocycles. The van der Waals surface area contributed by atoms with Crippen LogP contribution in [0.4, 0.5) is 5.69 Å². The lowest BCUT2D eigenvalue weighted by Gasteiger charge is -2.33. The molecule has 2 aromatic carbocycles. The number of piperazine rings is 1. The van der Waals surface area contributed by atoms with Crippen LogP contribution in [0.2, 0.25) is 0 Å². The number of nitrogens with zero attached hydrogens (tertiary/aromatic N) is 1. The third-order valence-electron chi connectivity index (χ3n) is 6.39. The average Bonchev–Trinajstić information content (AvgIpc) is 3.20. The van der Waals surface area contributed by atoms with Crippen molar-refractivity contribution in [2.24, 2.45) is 0 Å². The van der Waals surface area contributed by atoms with E-state index in [1.807, 2.05) is 12.1 Å². The van der Waals surface area contributed by atoms with E-state index in [9.17, 15) is 4.79 Å². The molecule has 0 spiro atoms. The number of anilines is 1. The van der Waals surface area contributed by atoms with Gasteiger partial charge < -0.3 is 19.0 Å². The maximum absolute atomic E-state index is 12.1. The molecule has 1 N–H and O–H groups in total. The maximum atomic E-state index is 12.1. The van der Waals surface area contributed by atoms with Crippen LogP contribution >= 0.6 is 0 Å². The number of ether oxygens (including phenoxy) is 1. The van der Waals surface area contributed by atoms with Crippen LogP contribution in [-0.4, -0.2) is 33.3 Å². The van der Waals surface area contributed by atoms with Crippen molar-refractivity contribution in [3.05, 3.63) is 69.6 Å². The SMILES string of the molecule is COc1ccc(N2CC[NH+](Cc3cc(=O)oc4cc5c(cc34)CCC5)CC2)cc1. The fourth-order valence-corrected chi connectivity index (χ4v) is 4.76. The van der Waals surface area contributed by atoms with Gasteiger partial charge in [0.2, 0.25) is 0 Å². The molecule has 150 valence electrons. The quantitative estimate of drug-likeness (QED) is 0.693. The van der Waals surface area contributed by atoms with Crippen LogP contribution in [0, 0.1) is 0 Å². The van der Waals surface area contributed by atoms with E-state index in [0.717, 1.165) is 67.8 Å². The Morgan fingerprint density at radius 1 is 1.03 bits per heavy atom. The predicted molar refractivity (Wildman–Crippen MR) is 114 cm³/mol. The highest BCUT2D eigenvalue weighted by Crippen LogP contribution is 2.28. The van der Waals surface area contributed by atoms with Gasteiger partial charge in [-0.3, -0.25) is 0 Å². The Kier molecular flexibility index (Phi) is 4.76. The lowest BCUT2D eigenvalue weighted by atomic mass is 10.0. The van der Waals surface area contributed by atoms with Crippen LogP contribution in [0.5, 0.6) is 5.75 Å². The second kappa shape index (κ2) is 7.56. The second-order valence-corrected chi connectivity index (χ2v) is 8.17.